The molecule has 3 aromatic rings. The van der Waals surface area contributed by atoms with Crippen molar-refractivity contribution in [2.24, 2.45) is 0 Å². The van der Waals surface area contributed by atoms with E-state index in [1.807, 2.05) is 0 Å². The molecular formula is C30H38F2N4O2. The number of hydrogen-bond donors (Lipinski definition) is 4. The van der Waals surface area contributed by atoms with Crippen LogP contribution in [0.1, 0.15) is 80.1 Å². The number of nitrogens with zero attached hydrogens (tertiary/aromatic N) is 1. The minimum Gasteiger partial charge on any atom is -0.390 e. The molecule has 6 nitrogen and oxygen atoms in total. The Hall–Kier alpha value is -3.10. The molecule has 2 unspecified atom stereocenters. The van der Waals surface area contributed by atoms with Crippen molar-refractivity contribution in [3.05, 3.63) is 89.0 Å². The molecule has 1 saturated carbocycles. The van der Waals surface area contributed by atoms with Gasteiger partial charge in [-0.15, -0.1) is 0 Å². The second-order valence-corrected chi connectivity index (χ2v) is 11.4. The summed E-state index contributed by atoms with van der Waals surface area (Å²) in [4.78, 5) is 19.5. The number of nitrogens with one attached hydrogen (secondary N) is 3. The summed E-state index contributed by atoms with van der Waals surface area (Å²) in [6, 6.07) is 11.1. The Balaban J connectivity index is 1.56. The molecule has 1 heterocycles. The standard InChI is InChI=1S/C30H38F2N4O2/c1-29(2,3)21-8-7-9-22(15-21)30(10-5-4-6-11-30)35-18-27(37)25(36-28(38)26-17-33-19-34-26)14-20-12-23(31)16-24(32)13-20/h7-9,12-13,15-17,19,25,27,35,37H,4-6,10-11,14,18H2,1-3H3,(H,33,34)(H,36,38). The van der Waals surface area contributed by atoms with Gasteiger partial charge in [-0.05, 0) is 53.5 Å². The summed E-state index contributed by atoms with van der Waals surface area (Å²) in [5.74, 6) is -1.88. The Labute approximate surface area is 223 Å². The molecule has 204 valence electrons. The third-order valence-electron chi connectivity index (χ3n) is 7.53. The summed E-state index contributed by atoms with van der Waals surface area (Å²) < 4.78 is 27.8. The van der Waals surface area contributed by atoms with Gasteiger partial charge in [0.15, 0.2) is 0 Å². The van der Waals surface area contributed by atoms with Gasteiger partial charge in [-0.1, -0.05) is 64.3 Å². The molecule has 1 amide bonds. The Kier molecular flexibility index (Phi) is 8.63. The molecule has 0 saturated heterocycles. The molecule has 2 aromatic carbocycles. The molecule has 1 aliphatic rings. The molecule has 0 aliphatic heterocycles. The maximum absolute atomic E-state index is 13.9. The number of rotatable bonds is 9. The van der Waals surface area contributed by atoms with E-state index >= 15 is 0 Å². The first kappa shape index (κ1) is 27.9. The number of imidazole rings is 1. The fourth-order valence-electron chi connectivity index (χ4n) is 5.34. The highest BCUT2D eigenvalue weighted by atomic mass is 19.1. The molecule has 0 radical (unpaired) electrons. The van der Waals surface area contributed by atoms with Gasteiger partial charge in [-0.3, -0.25) is 4.79 Å². The van der Waals surface area contributed by atoms with Crippen molar-refractivity contribution in [2.75, 3.05) is 6.54 Å². The third-order valence-corrected chi connectivity index (χ3v) is 7.53. The van der Waals surface area contributed by atoms with Crippen LogP contribution in [0.3, 0.4) is 0 Å². The molecule has 4 N–H and O–H groups in total. The van der Waals surface area contributed by atoms with Gasteiger partial charge >= 0.3 is 0 Å². The number of carbonyl (C=O) groups is 1. The van der Waals surface area contributed by atoms with Crippen molar-refractivity contribution in [1.29, 1.82) is 0 Å². The number of halogens is 2. The Bertz CT molecular complexity index is 1200. The van der Waals surface area contributed by atoms with Crippen LogP contribution in [0.5, 0.6) is 0 Å². The lowest BCUT2D eigenvalue weighted by Crippen LogP contribution is -2.53. The Morgan fingerprint density at radius 1 is 1.11 bits per heavy atom. The van der Waals surface area contributed by atoms with Crippen LogP contribution in [0.4, 0.5) is 8.78 Å². The number of aromatic amines is 1. The van der Waals surface area contributed by atoms with Crippen LogP contribution in [0.15, 0.2) is 55.0 Å². The van der Waals surface area contributed by atoms with Gasteiger partial charge in [0, 0.05) is 24.3 Å². The predicted molar refractivity (Wildman–Crippen MR) is 144 cm³/mol. The van der Waals surface area contributed by atoms with Crippen LogP contribution < -0.4 is 10.6 Å². The number of carbonyl (C=O) groups excluding carboxylic acids is 1. The van der Waals surface area contributed by atoms with E-state index in [0.717, 1.165) is 31.7 Å². The normalized spacial score (nSPS) is 17.1. The lowest BCUT2D eigenvalue weighted by atomic mass is 9.74. The van der Waals surface area contributed by atoms with Crippen molar-refractivity contribution in [3.63, 3.8) is 0 Å². The number of hydrogen-bond acceptors (Lipinski definition) is 4. The van der Waals surface area contributed by atoms with Crippen molar-refractivity contribution in [2.45, 2.75) is 82.4 Å². The number of H-pyrrole nitrogens is 1. The number of amides is 1. The van der Waals surface area contributed by atoms with Crippen LogP contribution in [0, 0.1) is 11.6 Å². The summed E-state index contributed by atoms with van der Waals surface area (Å²) in [5.41, 5.74) is 2.67. The van der Waals surface area contributed by atoms with Crippen molar-refractivity contribution < 1.29 is 18.7 Å². The number of aliphatic hydroxyl groups excluding tert-OH is 1. The molecule has 8 heteroatoms. The highest BCUT2D eigenvalue weighted by Crippen LogP contribution is 2.38. The first-order chi connectivity index (χ1) is 18.1. The minimum absolute atomic E-state index is 0.00719. The van der Waals surface area contributed by atoms with Crippen LogP contribution >= 0.6 is 0 Å². The van der Waals surface area contributed by atoms with E-state index in [0.29, 0.717) is 5.56 Å². The molecule has 0 spiro atoms. The van der Waals surface area contributed by atoms with E-state index < -0.39 is 29.7 Å². The lowest BCUT2D eigenvalue weighted by molar-refractivity contribution is 0.0785. The number of aliphatic hydroxyl groups is 1. The van der Waals surface area contributed by atoms with E-state index in [4.69, 9.17) is 0 Å². The topological polar surface area (TPSA) is 90.0 Å². The van der Waals surface area contributed by atoms with Crippen LogP contribution in [0.2, 0.25) is 0 Å². The van der Waals surface area contributed by atoms with E-state index in [-0.39, 0.29) is 29.6 Å². The highest BCUT2D eigenvalue weighted by Gasteiger charge is 2.35. The van der Waals surface area contributed by atoms with Crippen molar-refractivity contribution in [1.82, 2.24) is 20.6 Å². The van der Waals surface area contributed by atoms with Crippen LogP contribution in [-0.4, -0.2) is 39.7 Å². The SMILES string of the molecule is CC(C)(C)c1cccc(C2(NCC(O)C(Cc3cc(F)cc(F)c3)NC(=O)c3c[nH]cn3)CCCCC2)c1. The summed E-state index contributed by atoms with van der Waals surface area (Å²) >= 11 is 0. The maximum Gasteiger partial charge on any atom is 0.271 e. The number of benzene rings is 2. The van der Waals surface area contributed by atoms with E-state index in [9.17, 15) is 18.7 Å². The quantitative estimate of drug-likeness (QED) is 0.312. The van der Waals surface area contributed by atoms with Gasteiger partial charge in [0.05, 0.1) is 18.5 Å². The largest absolute Gasteiger partial charge is 0.390 e. The zero-order valence-electron chi connectivity index (χ0n) is 22.4. The molecule has 4 rings (SSSR count). The summed E-state index contributed by atoms with van der Waals surface area (Å²) in [6.45, 7) is 6.78. The van der Waals surface area contributed by atoms with Crippen LogP contribution in [-0.2, 0) is 17.4 Å². The van der Waals surface area contributed by atoms with Gasteiger partial charge in [-0.2, -0.15) is 0 Å². The van der Waals surface area contributed by atoms with Gasteiger partial charge in [-0.25, -0.2) is 13.8 Å². The zero-order chi connectivity index (χ0) is 27.3. The molecule has 0 bridgehead atoms. The molecule has 1 aliphatic carbocycles. The fraction of sp³-hybridized carbons (Fsp3) is 0.467. The van der Waals surface area contributed by atoms with Gasteiger partial charge in [0.2, 0.25) is 0 Å². The Morgan fingerprint density at radius 3 is 2.45 bits per heavy atom. The average molecular weight is 525 g/mol. The van der Waals surface area contributed by atoms with Crippen molar-refractivity contribution >= 4 is 5.91 Å². The second kappa shape index (κ2) is 11.7. The highest BCUT2D eigenvalue weighted by molar-refractivity contribution is 5.92. The summed E-state index contributed by atoms with van der Waals surface area (Å²) in [6.07, 6.45) is 7.07. The molecule has 1 aromatic heterocycles. The average Bonchev–Trinajstić information content (AvgIpc) is 3.42. The van der Waals surface area contributed by atoms with Gasteiger partial charge in [0.1, 0.15) is 17.3 Å². The molecule has 1 fully saturated rings. The zero-order valence-corrected chi connectivity index (χ0v) is 22.4. The predicted octanol–water partition coefficient (Wildman–Crippen LogP) is 5.14. The lowest BCUT2D eigenvalue weighted by Gasteiger charge is -2.41. The third kappa shape index (κ3) is 6.85. The van der Waals surface area contributed by atoms with Gasteiger partial charge in [0.25, 0.3) is 5.91 Å². The smallest absolute Gasteiger partial charge is 0.271 e. The fourth-order valence-corrected chi connectivity index (χ4v) is 5.34. The Morgan fingerprint density at radius 2 is 1.82 bits per heavy atom. The first-order valence-electron chi connectivity index (χ1n) is 13.3. The summed E-state index contributed by atoms with van der Waals surface area (Å²) in [5, 5.41) is 17.8. The molecule has 38 heavy (non-hydrogen) atoms. The minimum atomic E-state index is -1.02. The molecular weight excluding hydrogens is 486 g/mol. The number of aromatic nitrogens is 2. The van der Waals surface area contributed by atoms with Crippen LogP contribution in [0.25, 0.3) is 0 Å². The van der Waals surface area contributed by atoms with E-state index in [1.54, 1.807) is 0 Å². The van der Waals surface area contributed by atoms with Gasteiger partial charge < -0.3 is 20.7 Å². The van der Waals surface area contributed by atoms with Crippen molar-refractivity contribution in [3.8, 4) is 0 Å². The van der Waals surface area contributed by atoms with E-state index in [2.05, 4.69) is 65.6 Å². The monoisotopic (exact) mass is 524 g/mol. The van der Waals surface area contributed by atoms with E-state index in [1.165, 1.54) is 42.2 Å². The second-order valence-electron chi connectivity index (χ2n) is 11.4. The first-order valence-corrected chi connectivity index (χ1v) is 13.3. The maximum atomic E-state index is 13.9. The summed E-state index contributed by atoms with van der Waals surface area (Å²) in [7, 11) is 0. The molecule has 2 atom stereocenters.